The second kappa shape index (κ2) is 10.9. The van der Waals surface area contributed by atoms with Gasteiger partial charge in [-0.25, -0.2) is 4.79 Å². The van der Waals surface area contributed by atoms with Crippen LogP contribution in [-0.2, 0) is 9.47 Å². The lowest BCUT2D eigenvalue weighted by atomic mass is 10.2. The molecule has 0 bridgehead atoms. The number of carbonyl (C=O) groups excluding carboxylic acids is 1. The van der Waals surface area contributed by atoms with E-state index in [0.717, 1.165) is 6.54 Å². The molecular weight excluding hydrogens is 353 g/mol. The second-order valence-electron chi connectivity index (χ2n) is 4.49. The van der Waals surface area contributed by atoms with E-state index in [4.69, 9.17) is 37.4 Å². The molecule has 0 aliphatic rings. The highest BCUT2D eigenvalue weighted by Gasteiger charge is 2.20. The van der Waals surface area contributed by atoms with E-state index in [9.17, 15) is 4.79 Å². The summed E-state index contributed by atoms with van der Waals surface area (Å²) in [6.45, 7) is 1.84. The van der Waals surface area contributed by atoms with Gasteiger partial charge in [0.1, 0.15) is 12.2 Å². The van der Waals surface area contributed by atoms with Gasteiger partial charge in [-0.2, -0.15) is 0 Å². The summed E-state index contributed by atoms with van der Waals surface area (Å²) in [6.07, 6.45) is 0. The largest absolute Gasteiger partial charge is 0.494 e. The lowest BCUT2D eigenvalue weighted by Gasteiger charge is -2.12. The number of nitrogens with zero attached hydrogens (tertiary/aromatic N) is 1. The molecule has 22 heavy (non-hydrogen) atoms. The number of methoxy groups -OCH3 is 1. The zero-order chi connectivity index (χ0) is 15.8. The molecule has 5 nitrogen and oxygen atoms in total. The maximum Gasteiger partial charge on any atom is 0.343 e. The summed E-state index contributed by atoms with van der Waals surface area (Å²) < 4.78 is 15.5. The number of esters is 1. The minimum Gasteiger partial charge on any atom is -0.494 e. The fourth-order valence-corrected chi connectivity index (χ4v) is 2.00. The Balaban J connectivity index is 0.00000441. The third kappa shape index (κ3) is 6.58. The van der Waals surface area contributed by atoms with E-state index >= 15 is 0 Å². The smallest absolute Gasteiger partial charge is 0.343 e. The number of halogens is 3. The predicted octanol–water partition coefficient (Wildman–Crippen LogP) is 3.16. The molecule has 0 saturated heterocycles. The zero-order valence-electron chi connectivity index (χ0n) is 12.7. The van der Waals surface area contributed by atoms with Crippen LogP contribution in [0, 0.1) is 0 Å². The first-order chi connectivity index (χ1) is 9.97. The quantitative estimate of drug-likeness (QED) is 0.518. The van der Waals surface area contributed by atoms with Crippen LogP contribution in [0.4, 0.5) is 0 Å². The van der Waals surface area contributed by atoms with Crippen molar-refractivity contribution in [3.63, 3.8) is 0 Å². The first kappa shape index (κ1) is 21.3. The van der Waals surface area contributed by atoms with Crippen molar-refractivity contribution in [2.75, 3.05) is 47.6 Å². The maximum atomic E-state index is 12.0. The predicted molar refractivity (Wildman–Crippen MR) is 89.9 cm³/mol. The van der Waals surface area contributed by atoms with Crippen molar-refractivity contribution in [1.29, 1.82) is 0 Å². The molecule has 1 aromatic rings. The van der Waals surface area contributed by atoms with Crippen LogP contribution in [0.15, 0.2) is 12.1 Å². The molecule has 0 saturated carbocycles. The molecule has 0 N–H and O–H groups in total. The monoisotopic (exact) mass is 371 g/mol. The molecule has 126 valence electrons. The van der Waals surface area contributed by atoms with Gasteiger partial charge in [-0.15, -0.1) is 12.4 Å². The molecule has 0 aliphatic heterocycles. The maximum absolute atomic E-state index is 12.0. The van der Waals surface area contributed by atoms with E-state index in [-0.39, 0.29) is 35.3 Å². The van der Waals surface area contributed by atoms with E-state index in [1.807, 2.05) is 19.0 Å². The van der Waals surface area contributed by atoms with Crippen LogP contribution >= 0.6 is 35.6 Å². The third-order valence-electron chi connectivity index (χ3n) is 2.61. The molecule has 0 aliphatic carbocycles. The van der Waals surface area contributed by atoms with Crippen LogP contribution in [-0.4, -0.2) is 58.4 Å². The summed E-state index contributed by atoms with van der Waals surface area (Å²) in [4.78, 5) is 14.0. The van der Waals surface area contributed by atoms with Gasteiger partial charge >= 0.3 is 5.97 Å². The molecule has 0 unspecified atom stereocenters. The van der Waals surface area contributed by atoms with Crippen molar-refractivity contribution in [2.45, 2.75) is 0 Å². The van der Waals surface area contributed by atoms with Crippen LogP contribution in [0.5, 0.6) is 5.75 Å². The highest BCUT2D eigenvalue weighted by atomic mass is 35.5. The Bertz CT molecular complexity index is 483. The molecule has 0 heterocycles. The topological polar surface area (TPSA) is 48.0 Å². The molecule has 8 heteroatoms. The first-order valence-corrected chi connectivity index (χ1v) is 7.14. The molecule has 0 fully saturated rings. The Hall–Kier alpha value is -0.720. The Morgan fingerprint density at radius 2 is 1.77 bits per heavy atom. The van der Waals surface area contributed by atoms with Gasteiger partial charge in [0.2, 0.25) is 0 Å². The van der Waals surface area contributed by atoms with Crippen molar-refractivity contribution < 1.29 is 19.0 Å². The van der Waals surface area contributed by atoms with Gasteiger partial charge in [0.15, 0.2) is 5.75 Å². The number of hydrogen-bond acceptors (Lipinski definition) is 5. The van der Waals surface area contributed by atoms with Crippen LogP contribution < -0.4 is 4.74 Å². The molecule has 1 rings (SSSR count). The van der Waals surface area contributed by atoms with E-state index in [1.54, 1.807) is 6.07 Å². The summed E-state index contributed by atoms with van der Waals surface area (Å²) in [7, 11) is 5.33. The Morgan fingerprint density at radius 1 is 1.14 bits per heavy atom. The van der Waals surface area contributed by atoms with Gasteiger partial charge < -0.3 is 19.1 Å². The lowest BCUT2D eigenvalue weighted by molar-refractivity contribution is 0.0296. The van der Waals surface area contributed by atoms with Gasteiger partial charge in [0.25, 0.3) is 0 Å². The van der Waals surface area contributed by atoms with Crippen molar-refractivity contribution in [1.82, 2.24) is 4.90 Å². The second-order valence-corrected chi connectivity index (χ2v) is 5.30. The number of rotatable bonds is 8. The lowest BCUT2D eigenvalue weighted by Crippen LogP contribution is -2.20. The Kier molecular flexibility index (Phi) is 10.6. The van der Waals surface area contributed by atoms with Crippen LogP contribution in [0.3, 0.4) is 0 Å². The number of ether oxygens (including phenoxy) is 3. The minimum absolute atomic E-state index is 0. The van der Waals surface area contributed by atoms with E-state index in [1.165, 1.54) is 13.2 Å². The van der Waals surface area contributed by atoms with Crippen molar-refractivity contribution in [3.8, 4) is 5.75 Å². The van der Waals surface area contributed by atoms with Crippen molar-refractivity contribution in [2.24, 2.45) is 0 Å². The van der Waals surface area contributed by atoms with Gasteiger partial charge in [0.05, 0.1) is 30.4 Å². The number of likely N-dealkylation sites (N-methyl/N-ethyl adjacent to an activating group) is 1. The summed E-state index contributed by atoms with van der Waals surface area (Å²) in [6, 6.07) is 3.08. The van der Waals surface area contributed by atoms with Crippen LogP contribution in [0.2, 0.25) is 10.0 Å². The average Bonchev–Trinajstić information content (AvgIpc) is 2.44. The average molecular weight is 373 g/mol. The highest BCUT2D eigenvalue weighted by Crippen LogP contribution is 2.34. The van der Waals surface area contributed by atoms with Gasteiger partial charge in [0, 0.05) is 6.54 Å². The van der Waals surface area contributed by atoms with Crippen molar-refractivity contribution >= 4 is 41.6 Å². The summed E-state index contributed by atoms with van der Waals surface area (Å²) in [5.41, 5.74) is 0.125. The molecule has 1 aromatic carbocycles. The van der Waals surface area contributed by atoms with Crippen molar-refractivity contribution in [3.05, 3.63) is 27.7 Å². The standard InChI is InChI=1S/C14H19Cl2NO4.ClH/c1-17(2)6-7-20-8-9-21-14(18)12-10(15)4-5-11(16)13(12)19-3;/h4-5H,6-9H2,1-3H3;1H. The Labute approximate surface area is 146 Å². The van der Waals surface area contributed by atoms with E-state index < -0.39 is 5.97 Å². The Morgan fingerprint density at radius 3 is 2.36 bits per heavy atom. The van der Waals surface area contributed by atoms with Gasteiger partial charge in [-0.1, -0.05) is 23.2 Å². The molecule has 0 spiro atoms. The zero-order valence-corrected chi connectivity index (χ0v) is 15.1. The minimum atomic E-state index is -0.587. The molecule has 0 radical (unpaired) electrons. The number of hydrogen-bond donors (Lipinski definition) is 0. The molecule has 0 atom stereocenters. The van der Waals surface area contributed by atoms with Gasteiger partial charge in [-0.05, 0) is 26.2 Å². The highest BCUT2D eigenvalue weighted by molar-refractivity contribution is 6.37. The van der Waals surface area contributed by atoms with E-state index in [0.29, 0.717) is 18.2 Å². The van der Waals surface area contributed by atoms with Crippen LogP contribution in [0.25, 0.3) is 0 Å². The fourth-order valence-electron chi connectivity index (χ4n) is 1.54. The summed E-state index contributed by atoms with van der Waals surface area (Å²) in [5, 5.41) is 0.533. The molecule has 0 aromatic heterocycles. The SMILES string of the molecule is COc1c(Cl)ccc(Cl)c1C(=O)OCCOCCN(C)C.Cl. The molecular formula is C14H20Cl3NO4. The van der Waals surface area contributed by atoms with E-state index in [2.05, 4.69) is 0 Å². The fraction of sp³-hybridized carbons (Fsp3) is 0.500. The van der Waals surface area contributed by atoms with Gasteiger partial charge in [-0.3, -0.25) is 0 Å². The molecule has 0 amide bonds. The van der Waals surface area contributed by atoms with Crippen LogP contribution in [0.1, 0.15) is 10.4 Å². The summed E-state index contributed by atoms with van der Waals surface area (Å²) in [5.74, 6) is -0.377. The normalized spacial score (nSPS) is 10.3. The third-order valence-corrected chi connectivity index (χ3v) is 3.22. The number of benzene rings is 1. The number of carbonyl (C=O) groups is 1. The first-order valence-electron chi connectivity index (χ1n) is 6.39. The summed E-state index contributed by atoms with van der Waals surface area (Å²) >= 11 is 12.0.